The van der Waals surface area contributed by atoms with Gasteiger partial charge in [0.2, 0.25) is 0 Å². The van der Waals surface area contributed by atoms with Crippen molar-refractivity contribution in [3.8, 4) is 0 Å². The van der Waals surface area contributed by atoms with Crippen LogP contribution in [-0.4, -0.2) is 30.1 Å². The standard InChI is InChI=1S/C16H25ClN2/c1-4-12(2)16-9-18-13(3)10-19(16)11-14-6-5-7-15(17)8-14/h5-8,12-13,16,18H,4,9-11H2,1-3H3. The van der Waals surface area contributed by atoms with Crippen LogP contribution in [0.15, 0.2) is 24.3 Å². The summed E-state index contributed by atoms with van der Waals surface area (Å²) in [5.74, 6) is 0.721. The molecule has 1 N–H and O–H groups in total. The normalized spacial score (nSPS) is 26.3. The number of nitrogens with zero attached hydrogens (tertiary/aromatic N) is 1. The number of hydrogen-bond donors (Lipinski definition) is 1. The summed E-state index contributed by atoms with van der Waals surface area (Å²) in [4.78, 5) is 2.61. The second-order valence-electron chi connectivity index (χ2n) is 5.82. The number of nitrogens with one attached hydrogen (secondary N) is 1. The molecule has 1 aliphatic heterocycles. The third kappa shape index (κ3) is 3.95. The van der Waals surface area contributed by atoms with Crippen LogP contribution < -0.4 is 5.32 Å². The van der Waals surface area contributed by atoms with Gasteiger partial charge in [-0.15, -0.1) is 0 Å². The fourth-order valence-corrected chi connectivity index (χ4v) is 3.10. The molecule has 2 rings (SSSR count). The van der Waals surface area contributed by atoms with Gasteiger partial charge in [0.25, 0.3) is 0 Å². The second-order valence-corrected chi connectivity index (χ2v) is 6.26. The maximum absolute atomic E-state index is 6.09. The largest absolute Gasteiger partial charge is 0.311 e. The molecular formula is C16H25ClN2. The van der Waals surface area contributed by atoms with E-state index in [4.69, 9.17) is 11.6 Å². The van der Waals surface area contributed by atoms with E-state index in [2.05, 4.69) is 43.1 Å². The van der Waals surface area contributed by atoms with Gasteiger partial charge in [0.05, 0.1) is 0 Å². The lowest BCUT2D eigenvalue weighted by Gasteiger charge is -2.42. The Morgan fingerprint density at radius 2 is 2.26 bits per heavy atom. The number of halogens is 1. The lowest BCUT2D eigenvalue weighted by atomic mass is 9.94. The molecule has 0 spiro atoms. The third-order valence-electron chi connectivity index (χ3n) is 4.23. The minimum Gasteiger partial charge on any atom is -0.311 e. The molecule has 19 heavy (non-hydrogen) atoms. The summed E-state index contributed by atoms with van der Waals surface area (Å²) in [7, 11) is 0. The fraction of sp³-hybridized carbons (Fsp3) is 0.625. The Labute approximate surface area is 122 Å². The van der Waals surface area contributed by atoms with Crippen molar-refractivity contribution in [1.29, 1.82) is 0 Å². The molecule has 0 saturated carbocycles. The van der Waals surface area contributed by atoms with Gasteiger partial charge in [-0.05, 0) is 30.5 Å². The SMILES string of the molecule is CCC(C)C1CNC(C)CN1Cc1cccc(Cl)c1. The minimum absolute atomic E-state index is 0.569. The van der Waals surface area contributed by atoms with E-state index < -0.39 is 0 Å². The molecule has 3 heteroatoms. The van der Waals surface area contributed by atoms with E-state index in [-0.39, 0.29) is 0 Å². The molecule has 106 valence electrons. The van der Waals surface area contributed by atoms with Gasteiger partial charge in [-0.25, -0.2) is 0 Å². The molecule has 1 aromatic carbocycles. The number of hydrogen-bond acceptors (Lipinski definition) is 2. The van der Waals surface area contributed by atoms with Gasteiger partial charge in [0, 0.05) is 36.7 Å². The Balaban J connectivity index is 2.09. The van der Waals surface area contributed by atoms with Crippen molar-refractivity contribution < 1.29 is 0 Å². The van der Waals surface area contributed by atoms with Gasteiger partial charge >= 0.3 is 0 Å². The maximum Gasteiger partial charge on any atom is 0.0409 e. The first-order chi connectivity index (χ1) is 9.10. The van der Waals surface area contributed by atoms with E-state index in [1.54, 1.807) is 0 Å². The Bertz CT molecular complexity index is 407. The van der Waals surface area contributed by atoms with Gasteiger partial charge in [-0.1, -0.05) is 44.0 Å². The molecule has 1 aliphatic rings. The van der Waals surface area contributed by atoms with E-state index in [0.29, 0.717) is 12.1 Å². The first-order valence-corrected chi connectivity index (χ1v) is 7.69. The van der Waals surface area contributed by atoms with Crippen molar-refractivity contribution in [3.05, 3.63) is 34.9 Å². The highest BCUT2D eigenvalue weighted by atomic mass is 35.5. The van der Waals surface area contributed by atoms with Crippen molar-refractivity contribution >= 4 is 11.6 Å². The van der Waals surface area contributed by atoms with Crippen LogP contribution in [-0.2, 0) is 6.54 Å². The molecule has 2 nitrogen and oxygen atoms in total. The minimum atomic E-state index is 0.569. The zero-order valence-electron chi connectivity index (χ0n) is 12.2. The maximum atomic E-state index is 6.09. The van der Waals surface area contributed by atoms with Crippen molar-refractivity contribution in [2.75, 3.05) is 13.1 Å². The number of benzene rings is 1. The monoisotopic (exact) mass is 280 g/mol. The van der Waals surface area contributed by atoms with E-state index >= 15 is 0 Å². The average molecular weight is 281 g/mol. The van der Waals surface area contributed by atoms with E-state index in [0.717, 1.165) is 30.6 Å². The molecule has 3 unspecified atom stereocenters. The summed E-state index contributed by atoms with van der Waals surface area (Å²) in [5, 5.41) is 4.44. The quantitative estimate of drug-likeness (QED) is 0.907. The predicted octanol–water partition coefficient (Wildman–Crippen LogP) is 3.55. The Morgan fingerprint density at radius 1 is 1.47 bits per heavy atom. The van der Waals surface area contributed by atoms with Gasteiger partial charge < -0.3 is 5.32 Å². The topological polar surface area (TPSA) is 15.3 Å². The van der Waals surface area contributed by atoms with Crippen LogP contribution >= 0.6 is 11.6 Å². The van der Waals surface area contributed by atoms with E-state index in [1.807, 2.05) is 12.1 Å². The number of rotatable bonds is 4. The first-order valence-electron chi connectivity index (χ1n) is 7.32. The highest BCUT2D eigenvalue weighted by Gasteiger charge is 2.28. The molecular weight excluding hydrogens is 256 g/mol. The van der Waals surface area contributed by atoms with E-state index in [9.17, 15) is 0 Å². The third-order valence-corrected chi connectivity index (χ3v) is 4.46. The van der Waals surface area contributed by atoms with E-state index in [1.165, 1.54) is 12.0 Å². The summed E-state index contributed by atoms with van der Waals surface area (Å²) in [6.07, 6.45) is 1.23. The molecule has 1 heterocycles. The molecule has 1 aromatic rings. The van der Waals surface area contributed by atoms with Crippen LogP contribution in [0.25, 0.3) is 0 Å². The van der Waals surface area contributed by atoms with Crippen molar-refractivity contribution in [2.45, 2.75) is 45.8 Å². The second kappa shape index (κ2) is 6.74. The van der Waals surface area contributed by atoms with Gasteiger partial charge in [0.1, 0.15) is 0 Å². The molecule has 0 bridgehead atoms. The molecule has 3 atom stereocenters. The van der Waals surface area contributed by atoms with Crippen LogP contribution in [0.5, 0.6) is 0 Å². The van der Waals surface area contributed by atoms with Crippen LogP contribution in [0, 0.1) is 5.92 Å². The van der Waals surface area contributed by atoms with Crippen molar-refractivity contribution in [1.82, 2.24) is 10.2 Å². The molecule has 1 fully saturated rings. The Kier molecular flexibility index (Phi) is 5.26. The Morgan fingerprint density at radius 3 is 2.95 bits per heavy atom. The first kappa shape index (κ1) is 14.8. The van der Waals surface area contributed by atoms with Crippen LogP contribution in [0.2, 0.25) is 5.02 Å². The van der Waals surface area contributed by atoms with Crippen LogP contribution in [0.4, 0.5) is 0 Å². The molecule has 0 aromatic heterocycles. The van der Waals surface area contributed by atoms with Crippen molar-refractivity contribution in [3.63, 3.8) is 0 Å². The van der Waals surface area contributed by atoms with Gasteiger partial charge in [-0.3, -0.25) is 4.90 Å². The summed E-state index contributed by atoms with van der Waals surface area (Å²) >= 11 is 6.09. The fourth-order valence-electron chi connectivity index (χ4n) is 2.89. The van der Waals surface area contributed by atoms with Crippen molar-refractivity contribution in [2.24, 2.45) is 5.92 Å². The number of piperazine rings is 1. The summed E-state index contributed by atoms with van der Waals surface area (Å²) < 4.78 is 0. The average Bonchev–Trinajstić information content (AvgIpc) is 2.38. The molecule has 0 aliphatic carbocycles. The Hall–Kier alpha value is -0.570. The highest BCUT2D eigenvalue weighted by molar-refractivity contribution is 6.30. The summed E-state index contributed by atoms with van der Waals surface area (Å²) in [6.45, 7) is 10.1. The van der Waals surface area contributed by atoms with Gasteiger partial charge in [-0.2, -0.15) is 0 Å². The van der Waals surface area contributed by atoms with Crippen LogP contribution in [0.1, 0.15) is 32.8 Å². The zero-order valence-corrected chi connectivity index (χ0v) is 13.0. The summed E-state index contributed by atoms with van der Waals surface area (Å²) in [6, 6.07) is 9.44. The van der Waals surface area contributed by atoms with Gasteiger partial charge in [0.15, 0.2) is 0 Å². The molecule has 0 radical (unpaired) electrons. The zero-order chi connectivity index (χ0) is 13.8. The highest BCUT2D eigenvalue weighted by Crippen LogP contribution is 2.21. The predicted molar refractivity (Wildman–Crippen MR) is 82.6 cm³/mol. The molecule has 1 saturated heterocycles. The van der Waals surface area contributed by atoms with Crippen LogP contribution in [0.3, 0.4) is 0 Å². The summed E-state index contributed by atoms with van der Waals surface area (Å²) in [5.41, 5.74) is 1.31. The smallest absolute Gasteiger partial charge is 0.0409 e. The lowest BCUT2D eigenvalue weighted by Crippen LogP contribution is -2.57. The molecule has 0 amide bonds. The lowest BCUT2D eigenvalue weighted by molar-refractivity contribution is 0.0885.